The van der Waals surface area contributed by atoms with E-state index in [0.717, 1.165) is 37.0 Å². The maximum absolute atomic E-state index is 12.9. The van der Waals surface area contributed by atoms with Gasteiger partial charge in [0.2, 0.25) is 0 Å². The van der Waals surface area contributed by atoms with Gasteiger partial charge in [0.05, 0.1) is 11.8 Å². The summed E-state index contributed by atoms with van der Waals surface area (Å²) in [5.74, 6) is -5.10. The molecule has 2 amide bonds. The Balaban J connectivity index is 1.96. The SMILES string of the molecule is CCC1(CNC(=O)N2C[C@@H](C(F)(F)F)[C@H](C(=O)O)C2)CCCC1. The topological polar surface area (TPSA) is 69.6 Å². The lowest BCUT2D eigenvalue weighted by atomic mass is 9.83. The number of alkyl halides is 3. The number of nitrogens with one attached hydrogen (secondary N) is 1. The first-order valence-corrected chi connectivity index (χ1v) is 8.01. The third-order valence-electron chi connectivity index (χ3n) is 5.37. The monoisotopic (exact) mass is 336 g/mol. The number of rotatable bonds is 4. The fourth-order valence-electron chi connectivity index (χ4n) is 3.71. The van der Waals surface area contributed by atoms with Crippen molar-refractivity contribution in [3.8, 4) is 0 Å². The molecule has 1 heterocycles. The number of carbonyl (C=O) groups is 2. The number of carboxylic acid groups (broad SMARTS) is 1. The van der Waals surface area contributed by atoms with E-state index in [-0.39, 0.29) is 5.41 Å². The molecule has 0 spiro atoms. The minimum Gasteiger partial charge on any atom is -0.481 e. The van der Waals surface area contributed by atoms with E-state index < -0.39 is 43.1 Å². The van der Waals surface area contributed by atoms with Crippen molar-refractivity contribution in [3.05, 3.63) is 0 Å². The van der Waals surface area contributed by atoms with Gasteiger partial charge in [-0.05, 0) is 24.7 Å². The van der Waals surface area contributed by atoms with Crippen LogP contribution in [0.15, 0.2) is 0 Å². The summed E-state index contributed by atoms with van der Waals surface area (Å²) in [6, 6.07) is -0.595. The minimum absolute atomic E-state index is 0.0328. The number of carboxylic acids is 1. The molecule has 0 radical (unpaired) electrons. The first kappa shape index (κ1) is 17.9. The van der Waals surface area contributed by atoms with Crippen LogP contribution in [0.5, 0.6) is 0 Å². The Morgan fingerprint density at radius 2 is 1.87 bits per heavy atom. The van der Waals surface area contributed by atoms with Crippen molar-refractivity contribution in [2.24, 2.45) is 17.3 Å². The van der Waals surface area contributed by atoms with Crippen LogP contribution < -0.4 is 5.32 Å². The van der Waals surface area contributed by atoms with Crippen molar-refractivity contribution >= 4 is 12.0 Å². The van der Waals surface area contributed by atoms with Crippen LogP contribution in [0.25, 0.3) is 0 Å². The Bertz CT molecular complexity index is 461. The molecule has 2 aliphatic rings. The summed E-state index contributed by atoms with van der Waals surface area (Å²) in [5.41, 5.74) is 0.0328. The Morgan fingerprint density at radius 3 is 2.30 bits per heavy atom. The first-order valence-electron chi connectivity index (χ1n) is 8.01. The van der Waals surface area contributed by atoms with Crippen LogP contribution in [0, 0.1) is 17.3 Å². The molecule has 0 unspecified atom stereocenters. The average Bonchev–Trinajstić information content (AvgIpc) is 3.12. The second-order valence-corrected chi connectivity index (χ2v) is 6.72. The Hall–Kier alpha value is -1.47. The van der Waals surface area contributed by atoms with E-state index in [0.29, 0.717) is 6.54 Å². The highest BCUT2D eigenvalue weighted by Gasteiger charge is 2.53. The van der Waals surface area contributed by atoms with Crippen LogP contribution >= 0.6 is 0 Å². The van der Waals surface area contributed by atoms with Gasteiger partial charge in [-0.1, -0.05) is 19.8 Å². The van der Waals surface area contributed by atoms with Gasteiger partial charge in [0.1, 0.15) is 0 Å². The molecule has 23 heavy (non-hydrogen) atoms. The largest absolute Gasteiger partial charge is 0.481 e. The van der Waals surface area contributed by atoms with Gasteiger partial charge in [0, 0.05) is 19.6 Å². The molecule has 1 aliphatic carbocycles. The number of likely N-dealkylation sites (tertiary alicyclic amines) is 1. The van der Waals surface area contributed by atoms with E-state index in [4.69, 9.17) is 5.11 Å². The lowest BCUT2D eigenvalue weighted by Gasteiger charge is -2.29. The summed E-state index contributed by atoms with van der Waals surface area (Å²) in [6.07, 6.45) is 0.513. The molecule has 1 saturated carbocycles. The highest BCUT2D eigenvalue weighted by Crippen LogP contribution is 2.41. The van der Waals surface area contributed by atoms with Crippen LogP contribution in [0.2, 0.25) is 0 Å². The van der Waals surface area contributed by atoms with E-state index in [1.165, 1.54) is 0 Å². The van der Waals surface area contributed by atoms with Crippen molar-refractivity contribution in [1.82, 2.24) is 10.2 Å². The van der Waals surface area contributed by atoms with Gasteiger partial charge in [-0.3, -0.25) is 4.79 Å². The summed E-state index contributed by atoms with van der Waals surface area (Å²) in [5, 5.41) is 11.7. The van der Waals surface area contributed by atoms with Gasteiger partial charge in [0.15, 0.2) is 0 Å². The van der Waals surface area contributed by atoms with Crippen LogP contribution in [-0.4, -0.2) is 47.8 Å². The molecular formula is C15H23F3N2O3. The minimum atomic E-state index is -4.62. The molecule has 1 saturated heterocycles. The summed E-state index contributed by atoms with van der Waals surface area (Å²) < 4.78 is 38.8. The van der Waals surface area contributed by atoms with Crippen molar-refractivity contribution < 1.29 is 27.9 Å². The Morgan fingerprint density at radius 1 is 1.26 bits per heavy atom. The van der Waals surface area contributed by atoms with E-state index in [1.54, 1.807) is 0 Å². The second kappa shape index (κ2) is 6.57. The van der Waals surface area contributed by atoms with Gasteiger partial charge in [-0.15, -0.1) is 0 Å². The van der Waals surface area contributed by atoms with Gasteiger partial charge in [-0.25, -0.2) is 4.79 Å². The molecule has 0 bridgehead atoms. The van der Waals surface area contributed by atoms with Crippen molar-refractivity contribution in [1.29, 1.82) is 0 Å². The van der Waals surface area contributed by atoms with Crippen LogP contribution in [0.4, 0.5) is 18.0 Å². The van der Waals surface area contributed by atoms with E-state index in [1.807, 2.05) is 6.92 Å². The van der Waals surface area contributed by atoms with Crippen LogP contribution in [0.1, 0.15) is 39.0 Å². The van der Waals surface area contributed by atoms with Crippen molar-refractivity contribution in [2.75, 3.05) is 19.6 Å². The zero-order valence-corrected chi connectivity index (χ0v) is 13.2. The van der Waals surface area contributed by atoms with Gasteiger partial charge in [0.25, 0.3) is 0 Å². The van der Waals surface area contributed by atoms with E-state index >= 15 is 0 Å². The predicted octanol–water partition coefficient (Wildman–Crippen LogP) is 2.86. The van der Waals surface area contributed by atoms with Crippen molar-refractivity contribution in [2.45, 2.75) is 45.2 Å². The fraction of sp³-hybridized carbons (Fsp3) is 0.867. The lowest BCUT2D eigenvalue weighted by Crippen LogP contribution is -2.44. The number of nitrogens with zero attached hydrogens (tertiary/aromatic N) is 1. The standard InChI is InChI=1S/C15H23F3N2O3/c1-2-14(5-3-4-6-14)9-19-13(23)20-7-10(12(21)22)11(8-20)15(16,17)18/h10-11H,2-9H2,1H3,(H,19,23)(H,21,22)/t10-,11-/m1/s1. The van der Waals surface area contributed by atoms with E-state index in [2.05, 4.69) is 5.32 Å². The van der Waals surface area contributed by atoms with E-state index in [9.17, 15) is 22.8 Å². The van der Waals surface area contributed by atoms with Crippen molar-refractivity contribution in [3.63, 3.8) is 0 Å². The number of urea groups is 1. The number of hydrogen-bond donors (Lipinski definition) is 2. The maximum Gasteiger partial charge on any atom is 0.394 e. The molecule has 2 fully saturated rings. The fourth-order valence-corrected chi connectivity index (χ4v) is 3.71. The molecule has 1 aliphatic heterocycles. The summed E-state index contributed by atoms with van der Waals surface area (Å²) >= 11 is 0. The van der Waals surface area contributed by atoms with Crippen LogP contribution in [-0.2, 0) is 4.79 Å². The number of aliphatic carboxylic acids is 1. The summed E-state index contributed by atoms with van der Waals surface area (Å²) in [4.78, 5) is 24.2. The third-order valence-corrected chi connectivity index (χ3v) is 5.37. The summed E-state index contributed by atoms with van der Waals surface area (Å²) in [7, 11) is 0. The molecule has 2 N–H and O–H groups in total. The molecule has 0 aromatic rings. The molecule has 0 aromatic carbocycles. The third kappa shape index (κ3) is 3.90. The Labute approximate surface area is 133 Å². The molecule has 8 heteroatoms. The molecular weight excluding hydrogens is 313 g/mol. The maximum atomic E-state index is 12.9. The van der Waals surface area contributed by atoms with Gasteiger partial charge >= 0.3 is 18.2 Å². The zero-order chi connectivity index (χ0) is 17.3. The van der Waals surface area contributed by atoms with Gasteiger partial charge < -0.3 is 15.3 Å². The highest BCUT2D eigenvalue weighted by molar-refractivity contribution is 5.77. The first-order chi connectivity index (χ1) is 10.7. The number of carbonyl (C=O) groups excluding carboxylic acids is 1. The number of amides is 2. The zero-order valence-electron chi connectivity index (χ0n) is 13.2. The normalized spacial score (nSPS) is 27.2. The highest BCUT2D eigenvalue weighted by atomic mass is 19.4. The molecule has 0 aromatic heterocycles. The quantitative estimate of drug-likeness (QED) is 0.829. The van der Waals surface area contributed by atoms with Crippen LogP contribution in [0.3, 0.4) is 0 Å². The Kier molecular flexibility index (Phi) is 5.10. The molecule has 5 nitrogen and oxygen atoms in total. The smallest absolute Gasteiger partial charge is 0.394 e. The number of hydrogen-bond acceptors (Lipinski definition) is 2. The molecule has 2 atom stereocenters. The average molecular weight is 336 g/mol. The summed E-state index contributed by atoms with van der Waals surface area (Å²) in [6.45, 7) is 1.50. The predicted molar refractivity (Wildman–Crippen MR) is 76.8 cm³/mol. The molecule has 132 valence electrons. The van der Waals surface area contributed by atoms with Gasteiger partial charge in [-0.2, -0.15) is 13.2 Å². The lowest BCUT2D eigenvalue weighted by molar-refractivity contribution is -0.187. The molecule has 2 rings (SSSR count). The number of halogens is 3. The second-order valence-electron chi connectivity index (χ2n) is 6.72.